The zero-order chi connectivity index (χ0) is 19.2. The first-order valence-electron chi connectivity index (χ1n) is 8.52. The number of aryl methyl sites for hydroxylation is 1. The highest BCUT2D eigenvalue weighted by Gasteiger charge is 2.21. The zero-order valence-electron chi connectivity index (χ0n) is 15.3. The molecule has 0 unspecified atom stereocenters. The molecular formula is C20H24N2O3S. The number of nitrogens with zero attached hydrogens (tertiary/aromatic N) is 1. The molecule has 138 valence electrons. The molecule has 0 saturated heterocycles. The molecule has 0 fully saturated rings. The third kappa shape index (κ3) is 5.03. The molecule has 5 nitrogen and oxygen atoms in total. The fraction of sp³-hybridized carbons (Fsp3) is 0.250. The van der Waals surface area contributed by atoms with E-state index in [1.807, 2.05) is 31.2 Å². The van der Waals surface area contributed by atoms with E-state index in [1.54, 1.807) is 32.1 Å². The SMILES string of the molecule is CCN(CC)S(=O)(=O)c1ccc(NC(=O)C=Cc2ccc(C)cc2)cc1. The van der Waals surface area contributed by atoms with Gasteiger partial charge in [0.25, 0.3) is 0 Å². The Morgan fingerprint density at radius 3 is 2.12 bits per heavy atom. The number of carbonyl (C=O) groups is 1. The average molecular weight is 372 g/mol. The number of benzene rings is 2. The molecule has 2 aromatic carbocycles. The molecule has 0 aliphatic heterocycles. The lowest BCUT2D eigenvalue weighted by atomic mass is 10.1. The Bertz CT molecular complexity index is 866. The van der Waals surface area contributed by atoms with Gasteiger partial charge in [0.05, 0.1) is 4.90 Å². The maximum absolute atomic E-state index is 12.4. The van der Waals surface area contributed by atoms with E-state index in [9.17, 15) is 13.2 Å². The number of hydrogen-bond acceptors (Lipinski definition) is 3. The van der Waals surface area contributed by atoms with Crippen molar-refractivity contribution in [2.45, 2.75) is 25.7 Å². The number of hydrogen-bond donors (Lipinski definition) is 1. The van der Waals surface area contributed by atoms with Gasteiger partial charge in [0, 0.05) is 24.9 Å². The van der Waals surface area contributed by atoms with Crippen molar-refractivity contribution in [3.05, 3.63) is 65.7 Å². The summed E-state index contributed by atoms with van der Waals surface area (Å²) < 4.78 is 26.3. The Morgan fingerprint density at radius 1 is 1.00 bits per heavy atom. The Balaban J connectivity index is 2.04. The molecular weight excluding hydrogens is 348 g/mol. The molecule has 0 spiro atoms. The summed E-state index contributed by atoms with van der Waals surface area (Å²) in [6.45, 7) is 6.44. The van der Waals surface area contributed by atoms with Gasteiger partial charge in [0.2, 0.25) is 15.9 Å². The van der Waals surface area contributed by atoms with E-state index in [0.717, 1.165) is 11.1 Å². The summed E-state index contributed by atoms with van der Waals surface area (Å²) in [5.74, 6) is -0.273. The van der Waals surface area contributed by atoms with Crippen molar-refractivity contribution in [1.29, 1.82) is 0 Å². The quantitative estimate of drug-likeness (QED) is 0.754. The fourth-order valence-electron chi connectivity index (χ4n) is 2.46. The monoisotopic (exact) mass is 372 g/mol. The second-order valence-corrected chi connectivity index (χ2v) is 7.78. The summed E-state index contributed by atoms with van der Waals surface area (Å²) in [4.78, 5) is 12.2. The van der Waals surface area contributed by atoms with Gasteiger partial charge in [0.15, 0.2) is 0 Å². The third-order valence-corrected chi connectivity index (χ3v) is 6.03. The van der Waals surface area contributed by atoms with Crippen LogP contribution < -0.4 is 5.32 Å². The van der Waals surface area contributed by atoms with Crippen LogP contribution >= 0.6 is 0 Å². The molecule has 0 aliphatic carbocycles. The molecule has 0 aromatic heterocycles. The second-order valence-electron chi connectivity index (χ2n) is 5.85. The van der Waals surface area contributed by atoms with Crippen LogP contribution in [0.25, 0.3) is 6.08 Å². The maximum Gasteiger partial charge on any atom is 0.248 e. The van der Waals surface area contributed by atoms with Crippen LogP contribution in [0.2, 0.25) is 0 Å². The standard InChI is InChI=1S/C20H24N2O3S/c1-4-22(5-2)26(24,25)19-13-11-18(12-14-19)21-20(23)15-10-17-8-6-16(3)7-9-17/h6-15H,4-5H2,1-3H3,(H,21,23). The number of amides is 1. The number of nitrogens with one attached hydrogen (secondary N) is 1. The normalized spacial score (nSPS) is 11.8. The van der Waals surface area contributed by atoms with E-state index in [4.69, 9.17) is 0 Å². The molecule has 6 heteroatoms. The fourth-order valence-corrected chi connectivity index (χ4v) is 3.91. The minimum absolute atomic E-state index is 0.217. The van der Waals surface area contributed by atoms with Crippen LogP contribution in [0, 0.1) is 6.92 Å². The number of anilines is 1. The molecule has 0 aliphatic rings. The van der Waals surface area contributed by atoms with Crippen LogP contribution in [0.4, 0.5) is 5.69 Å². The molecule has 0 atom stereocenters. The highest BCUT2D eigenvalue weighted by molar-refractivity contribution is 7.89. The van der Waals surface area contributed by atoms with Crippen molar-refractivity contribution in [3.63, 3.8) is 0 Å². The Morgan fingerprint density at radius 2 is 1.58 bits per heavy atom. The zero-order valence-corrected chi connectivity index (χ0v) is 16.1. The van der Waals surface area contributed by atoms with Crippen LogP contribution in [0.3, 0.4) is 0 Å². The van der Waals surface area contributed by atoms with Crippen molar-refractivity contribution in [2.75, 3.05) is 18.4 Å². The molecule has 0 bridgehead atoms. The van der Waals surface area contributed by atoms with E-state index >= 15 is 0 Å². The number of rotatable bonds is 7. The van der Waals surface area contributed by atoms with Gasteiger partial charge in [-0.15, -0.1) is 0 Å². The first-order chi connectivity index (χ1) is 12.4. The van der Waals surface area contributed by atoms with E-state index < -0.39 is 10.0 Å². The van der Waals surface area contributed by atoms with E-state index in [0.29, 0.717) is 18.8 Å². The van der Waals surface area contributed by atoms with Crippen molar-refractivity contribution in [2.24, 2.45) is 0 Å². The van der Waals surface area contributed by atoms with Gasteiger partial charge >= 0.3 is 0 Å². The third-order valence-electron chi connectivity index (χ3n) is 3.97. The van der Waals surface area contributed by atoms with Gasteiger partial charge in [-0.25, -0.2) is 8.42 Å². The Labute approximate surface area is 155 Å². The van der Waals surface area contributed by atoms with Gasteiger partial charge in [0.1, 0.15) is 0 Å². The van der Waals surface area contributed by atoms with Crippen LogP contribution in [-0.2, 0) is 14.8 Å². The van der Waals surface area contributed by atoms with Crippen molar-refractivity contribution >= 4 is 27.7 Å². The Kier molecular flexibility index (Phi) is 6.71. The lowest BCUT2D eigenvalue weighted by Crippen LogP contribution is -2.30. The molecule has 26 heavy (non-hydrogen) atoms. The topological polar surface area (TPSA) is 66.5 Å². The van der Waals surface area contributed by atoms with Crippen LogP contribution in [0.1, 0.15) is 25.0 Å². The van der Waals surface area contributed by atoms with Gasteiger partial charge in [-0.1, -0.05) is 43.7 Å². The molecule has 1 N–H and O–H groups in total. The summed E-state index contributed by atoms with van der Waals surface area (Å²) in [5, 5.41) is 2.73. The first-order valence-corrected chi connectivity index (χ1v) is 9.96. The lowest BCUT2D eigenvalue weighted by Gasteiger charge is -2.18. The van der Waals surface area contributed by atoms with Gasteiger partial charge in [-0.2, -0.15) is 4.31 Å². The van der Waals surface area contributed by atoms with Crippen molar-refractivity contribution in [1.82, 2.24) is 4.31 Å². The largest absolute Gasteiger partial charge is 0.323 e. The summed E-state index contributed by atoms with van der Waals surface area (Å²) in [6, 6.07) is 14.0. The highest BCUT2D eigenvalue weighted by atomic mass is 32.2. The molecule has 0 radical (unpaired) electrons. The molecule has 2 rings (SSSR count). The van der Waals surface area contributed by atoms with Crippen molar-refractivity contribution in [3.8, 4) is 0 Å². The van der Waals surface area contributed by atoms with Gasteiger partial charge in [-0.05, 0) is 42.8 Å². The van der Waals surface area contributed by atoms with E-state index in [1.165, 1.54) is 22.5 Å². The lowest BCUT2D eigenvalue weighted by molar-refractivity contribution is -0.111. The van der Waals surface area contributed by atoms with Gasteiger partial charge in [-0.3, -0.25) is 4.79 Å². The summed E-state index contributed by atoms with van der Waals surface area (Å²) in [7, 11) is -3.49. The first kappa shape index (κ1) is 19.9. The van der Waals surface area contributed by atoms with E-state index in [2.05, 4.69) is 5.32 Å². The Hall–Kier alpha value is -2.44. The van der Waals surface area contributed by atoms with E-state index in [-0.39, 0.29) is 10.8 Å². The van der Waals surface area contributed by atoms with Gasteiger partial charge < -0.3 is 5.32 Å². The molecule has 0 heterocycles. The van der Waals surface area contributed by atoms with Crippen LogP contribution in [0.5, 0.6) is 0 Å². The molecule has 1 amide bonds. The number of carbonyl (C=O) groups excluding carboxylic acids is 1. The predicted molar refractivity (Wildman–Crippen MR) is 105 cm³/mol. The average Bonchev–Trinajstić information content (AvgIpc) is 2.62. The predicted octanol–water partition coefficient (Wildman–Crippen LogP) is 3.68. The molecule has 2 aromatic rings. The minimum Gasteiger partial charge on any atom is -0.323 e. The highest BCUT2D eigenvalue weighted by Crippen LogP contribution is 2.18. The van der Waals surface area contributed by atoms with Crippen LogP contribution in [0.15, 0.2) is 59.5 Å². The van der Waals surface area contributed by atoms with Crippen molar-refractivity contribution < 1.29 is 13.2 Å². The smallest absolute Gasteiger partial charge is 0.248 e. The van der Waals surface area contributed by atoms with Crippen LogP contribution in [-0.4, -0.2) is 31.7 Å². The summed E-state index contributed by atoms with van der Waals surface area (Å²) >= 11 is 0. The number of sulfonamides is 1. The molecule has 0 saturated carbocycles. The summed E-state index contributed by atoms with van der Waals surface area (Å²) in [6.07, 6.45) is 3.18. The minimum atomic E-state index is -3.49. The summed E-state index contributed by atoms with van der Waals surface area (Å²) in [5.41, 5.74) is 2.64. The maximum atomic E-state index is 12.4. The second kappa shape index (κ2) is 8.78.